The summed E-state index contributed by atoms with van der Waals surface area (Å²) >= 11 is 4.27. The molecule has 0 aliphatic carbocycles. The van der Waals surface area contributed by atoms with E-state index in [2.05, 4.69) is 22.0 Å². The minimum atomic E-state index is -0.530. The van der Waals surface area contributed by atoms with Crippen molar-refractivity contribution in [3.05, 3.63) is 102 Å². The summed E-state index contributed by atoms with van der Waals surface area (Å²) in [5.74, 6) is 0.332. The van der Waals surface area contributed by atoms with Crippen LogP contribution in [0.15, 0.2) is 70.0 Å². The molecule has 0 aromatic heterocycles. The number of carbonyl (C=O) groups is 2. The van der Waals surface area contributed by atoms with Crippen LogP contribution in [0.1, 0.15) is 22.3 Å². The van der Waals surface area contributed by atoms with Gasteiger partial charge in [-0.2, -0.15) is 5.26 Å². The molecule has 0 bridgehead atoms. The lowest BCUT2D eigenvalue weighted by molar-refractivity contribution is -0.384. The molecule has 3 aromatic carbocycles. The van der Waals surface area contributed by atoms with Crippen molar-refractivity contribution in [2.45, 2.75) is 13.2 Å². The van der Waals surface area contributed by atoms with Crippen LogP contribution in [0.25, 0.3) is 6.08 Å². The predicted octanol–water partition coefficient (Wildman–Crippen LogP) is 6.05. The second kappa shape index (κ2) is 11.3. The molecule has 9 nitrogen and oxygen atoms in total. The van der Waals surface area contributed by atoms with Gasteiger partial charge >= 0.3 is 0 Å². The predicted molar refractivity (Wildman–Crippen MR) is 141 cm³/mol. The van der Waals surface area contributed by atoms with Gasteiger partial charge in [-0.25, -0.2) is 0 Å². The molecule has 1 heterocycles. The Bertz CT molecular complexity index is 1480. The molecule has 0 atom stereocenters. The average molecular weight is 580 g/mol. The number of benzene rings is 3. The van der Waals surface area contributed by atoms with Crippen molar-refractivity contribution in [2.75, 3.05) is 7.11 Å². The number of non-ortho nitro benzene ring substituents is 1. The first kappa shape index (κ1) is 25.9. The van der Waals surface area contributed by atoms with Gasteiger partial charge in [-0.3, -0.25) is 24.6 Å². The number of thioether (sulfide) groups is 1. The molecule has 0 N–H and O–H groups in total. The third kappa shape index (κ3) is 5.82. The number of nitriles is 1. The number of nitro benzene ring substituents is 1. The van der Waals surface area contributed by atoms with Gasteiger partial charge in [-0.1, -0.05) is 46.3 Å². The van der Waals surface area contributed by atoms with E-state index in [1.54, 1.807) is 42.5 Å². The van der Waals surface area contributed by atoms with Crippen LogP contribution >= 0.6 is 27.7 Å². The van der Waals surface area contributed by atoms with Crippen LogP contribution in [0.4, 0.5) is 10.5 Å². The summed E-state index contributed by atoms with van der Waals surface area (Å²) < 4.78 is 12.0. The molecule has 0 saturated carbocycles. The van der Waals surface area contributed by atoms with Crippen LogP contribution in [0.3, 0.4) is 0 Å². The highest BCUT2D eigenvalue weighted by molar-refractivity contribution is 9.10. The Morgan fingerprint density at radius 1 is 1.14 bits per heavy atom. The maximum absolute atomic E-state index is 13.0. The topological polar surface area (TPSA) is 123 Å². The van der Waals surface area contributed by atoms with Gasteiger partial charge < -0.3 is 9.47 Å². The zero-order valence-corrected chi connectivity index (χ0v) is 21.7. The van der Waals surface area contributed by atoms with E-state index >= 15 is 0 Å². The molecule has 1 aliphatic rings. The van der Waals surface area contributed by atoms with E-state index in [1.807, 2.05) is 6.07 Å². The number of hydrogen-bond donors (Lipinski definition) is 0. The van der Waals surface area contributed by atoms with Gasteiger partial charge in [0, 0.05) is 22.2 Å². The molecule has 1 saturated heterocycles. The average Bonchev–Trinajstić information content (AvgIpc) is 3.16. The van der Waals surface area contributed by atoms with Crippen LogP contribution < -0.4 is 9.47 Å². The molecule has 0 spiro atoms. The van der Waals surface area contributed by atoms with Crippen molar-refractivity contribution in [1.82, 2.24) is 4.90 Å². The molecule has 3 aromatic rings. The maximum Gasteiger partial charge on any atom is 0.293 e. The fourth-order valence-corrected chi connectivity index (χ4v) is 4.84. The third-order valence-electron chi connectivity index (χ3n) is 5.43. The lowest BCUT2D eigenvalue weighted by atomic mass is 10.1. The summed E-state index contributed by atoms with van der Waals surface area (Å²) in [4.78, 5) is 37.3. The summed E-state index contributed by atoms with van der Waals surface area (Å²) in [5.41, 5.74) is 2.18. The highest BCUT2D eigenvalue weighted by Gasteiger charge is 2.35. The van der Waals surface area contributed by atoms with E-state index in [0.29, 0.717) is 32.7 Å². The molecule has 2 amide bonds. The maximum atomic E-state index is 13.0. The standard InChI is InChI=1S/C26H18BrN3O6S/c1-35-22-10-19(21(27)12-23(22)36-15-18-7-3-2-6-17(18)13-28)11-24-25(31)29(26(32)37-24)14-16-5-4-8-20(9-16)30(33)34/h2-12H,14-15H2,1H3/b24-11+. The fraction of sp³-hybridized carbons (Fsp3) is 0.115. The van der Waals surface area contributed by atoms with Gasteiger partial charge in [0.15, 0.2) is 11.5 Å². The molecule has 186 valence electrons. The largest absolute Gasteiger partial charge is 0.493 e. The normalized spacial score (nSPS) is 14.1. The highest BCUT2D eigenvalue weighted by atomic mass is 79.9. The van der Waals surface area contributed by atoms with E-state index in [-0.39, 0.29) is 23.7 Å². The van der Waals surface area contributed by atoms with Crippen molar-refractivity contribution in [2.24, 2.45) is 0 Å². The number of ether oxygens (including phenoxy) is 2. The Morgan fingerprint density at radius 3 is 2.65 bits per heavy atom. The number of rotatable bonds is 8. The van der Waals surface area contributed by atoms with Crippen molar-refractivity contribution in [3.8, 4) is 17.6 Å². The Balaban J connectivity index is 1.54. The monoisotopic (exact) mass is 579 g/mol. The summed E-state index contributed by atoms with van der Waals surface area (Å²) in [6.07, 6.45) is 1.57. The van der Waals surface area contributed by atoms with Gasteiger partial charge in [-0.05, 0) is 47.2 Å². The lowest BCUT2D eigenvalue weighted by Gasteiger charge is -2.14. The smallest absolute Gasteiger partial charge is 0.293 e. The van der Waals surface area contributed by atoms with Gasteiger partial charge in [0.1, 0.15) is 6.61 Å². The summed E-state index contributed by atoms with van der Waals surface area (Å²) in [5, 5.41) is 19.8. The Morgan fingerprint density at radius 2 is 1.92 bits per heavy atom. The Hall–Kier alpha value is -4.14. The second-order valence-corrected chi connectivity index (χ2v) is 9.62. The molecule has 37 heavy (non-hydrogen) atoms. The van der Waals surface area contributed by atoms with Crippen molar-refractivity contribution >= 4 is 50.6 Å². The Kier molecular flexibility index (Phi) is 7.91. The van der Waals surface area contributed by atoms with E-state index in [0.717, 1.165) is 22.2 Å². The van der Waals surface area contributed by atoms with E-state index in [4.69, 9.17) is 9.47 Å². The summed E-state index contributed by atoms with van der Waals surface area (Å²) in [6, 6.07) is 18.4. The number of carbonyl (C=O) groups excluding carboxylic acids is 2. The van der Waals surface area contributed by atoms with Gasteiger partial charge in [-0.15, -0.1) is 0 Å². The van der Waals surface area contributed by atoms with Crippen molar-refractivity contribution in [1.29, 1.82) is 5.26 Å². The highest BCUT2D eigenvalue weighted by Crippen LogP contribution is 2.39. The molecule has 1 aliphatic heterocycles. The first-order valence-electron chi connectivity index (χ1n) is 10.8. The van der Waals surface area contributed by atoms with Crippen molar-refractivity contribution in [3.63, 3.8) is 0 Å². The number of amides is 2. The summed E-state index contributed by atoms with van der Waals surface area (Å²) in [6.45, 7) is 0.0769. The molecule has 11 heteroatoms. The minimum Gasteiger partial charge on any atom is -0.493 e. The first-order valence-corrected chi connectivity index (χ1v) is 12.4. The number of halogens is 1. The Labute approximate surface area is 224 Å². The van der Waals surface area contributed by atoms with Gasteiger partial charge in [0.2, 0.25) is 0 Å². The lowest BCUT2D eigenvalue weighted by Crippen LogP contribution is -2.27. The third-order valence-corrected chi connectivity index (χ3v) is 7.02. The molecule has 0 radical (unpaired) electrons. The zero-order chi connectivity index (χ0) is 26.5. The molecule has 4 rings (SSSR count). The number of nitro groups is 1. The van der Waals surface area contributed by atoms with E-state index in [1.165, 1.54) is 25.3 Å². The second-order valence-electron chi connectivity index (χ2n) is 7.78. The number of methoxy groups -OCH3 is 1. The van der Waals surface area contributed by atoms with Gasteiger partial charge in [0.25, 0.3) is 16.8 Å². The van der Waals surface area contributed by atoms with Crippen LogP contribution in [-0.4, -0.2) is 28.1 Å². The molecule has 1 fully saturated rings. The summed E-state index contributed by atoms with van der Waals surface area (Å²) in [7, 11) is 1.48. The first-order chi connectivity index (χ1) is 17.8. The van der Waals surface area contributed by atoms with Gasteiger partial charge in [0.05, 0.1) is 35.1 Å². The SMILES string of the molecule is COc1cc(/C=C2/SC(=O)N(Cc3cccc([N+](=O)[O-])c3)C2=O)c(Br)cc1OCc1ccccc1C#N. The minimum absolute atomic E-state index is 0.0782. The van der Waals surface area contributed by atoms with Crippen LogP contribution in [0.5, 0.6) is 11.5 Å². The van der Waals surface area contributed by atoms with E-state index < -0.39 is 16.1 Å². The number of hydrogen-bond acceptors (Lipinski definition) is 8. The van der Waals surface area contributed by atoms with Crippen LogP contribution in [-0.2, 0) is 17.9 Å². The molecular weight excluding hydrogens is 562 g/mol. The van der Waals surface area contributed by atoms with E-state index in [9.17, 15) is 25.0 Å². The van der Waals surface area contributed by atoms with Crippen molar-refractivity contribution < 1.29 is 24.0 Å². The molecule has 0 unspecified atom stereocenters. The zero-order valence-electron chi connectivity index (χ0n) is 19.3. The molecular formula is C26H18BrN3O6S. The quantitative estimate of drug-likeness (QED) is 0.179. The van der Waals surface area contributed by atoms with Crippen LogP contribution in [0.2, 0.25) is 0 Å². The number of nitrogens with zero attached hydrogens (tertiary/aromatic N) is 3. The van der Waals surface area contributed by atoms with Crippen LogP contribution in [0, 0.1) is 21.4 Å². The number of imide groups is 1. The fourth-order valence-electron chi connectivity index (χ4n) is 3.57.